The van der Waals surface area contributed by atoms with Crippen LogP contribution in [0.2, 0.25) is 0 Å². The fraction of sp³-hybridized carbons (Fsp3) is 0.692. The van der Waals surface area contributed by atoms with E-state index in [0.29, 0.717) is 49.0 Å². The van der Waals surface area contributed by atoms with Crippen LogP contribution in [0, 0.1) is 23.7 Å². The van der Waals surface area contributed by atoms with Gasteiger partial charge in [0.15, 0.2) is 0 Å². The summed E-state index contributed by atoms with van der Waals surface area (Å²) in [7, 11) is 6.14. The van der Waals surface area contributed by atoms with Gasteiger partial charge in [-0.1, -0.05) is 168 Å². The number of hydrogen-bond acceptors (Lipinski definition) is 12. The molecule has 3 rings (SSSR count). The molecule has 1 aliphatic rings. The average Bonchev–Trinajstić information content (AvgIpc) is 3.93. The minimum absolute atomic E-state index is 0.0714. The lowest BCUT2D eigenvalue weighted by Gasteiger charge is -2.41. The largest absolute Gasteiger partial charge is 0.445 e. The Morgan fingerprint density at radius 3 is 1.85 bits per heavy atom. The van der Waals surface area contributed by atoms with Crippen LogP contribution in [-0.2, 0) is 54.4 Å². The van der Waals surface area contributed by atoms with Gasteiger partial charge in [-0.25, -0.2) is 4.79 Å². The highest BCUT2D eigenvalue weighted by molar-refractivity contribution is 5.99. The molecule has 1 aliphatic heterocycles. The lowest BCUT2D eigenvalue weighted by atomic mass is 9.89. The number of carbonyl (C=O) groups is 8. The summed E-state index contributed by atoms with van der Waals surface area (Å²) < 4.78 is 17.7. The summed E-state index contributed by atoms with van der Waals surface area (Å²) in [5.74, 6) is -4.79. The highest BCUT2D eigenvalue weighted by atomic mass is 16.6. The number of nitrogens with zero attached hydrogens (tertiary/aromatic N) is 3. The van der Waals surface area contributed by atoms with Crippen molar-refractivity contribution in [2.75, 3.05) is 40.2 Å². The SMILES string of the molecule is CCCCCCCCCCCCCC(=O)N[C@H](CC(N)=O)C(=O)Nc1ccc(COC(=O)N(C)[C@H](C(=O)N[C@H](C(=O)N(C)[C@@H]([C@@H](C)CC)[C@@H](CC(=O)N2CCC[C@H]2[C@H](OC)[C@@H](C)C(=O)N[C@H](C)[C@@H](O)c2ccccc2)OC)C(C)C)C(C)C)cc1. The molecule has 1 heterocycles. The number of amides is 8. The topological polar surface area (TPSA) is 268 Å². The Labute approximate surface area is 507 Å². The summed E-state index contributed by atoms with van der Waals surface area (Å²) in [4.78, 5) is 113. The van der Waals surface area contributed by atoms with E-state index in [4.69, 9.17) is 19.9 Å². The number of hydrogen-bond donors (Lipinski definition) is 6. The third-order valence-electron chi connectivity index (χ3n) is 16.7. The molecule has 2 aromatic rings. The number of anilines is 1. The number of benzene rings is 2. The first-order chi connectivity index (χ1) is 40.4. The molecular weight excluding hydrogens is 1080 g/mol. The molecule has 0 aromatic heterocycles. The van der Waals surface area contributed by atoms with Crippen LogP contribution < -0.4 is 27.0 Å². The van der Waals surface area contributed by atoms with E-state index < -0.39 is 102 Å². The quantitative estimate of drug-likeness (QED) is 0.0344. The van der Waals surface area contributed by atoms with Gasteiger partial charge in [-0.3, -0.25) is 38.5 Å². The van der Waals surface area contributed by atoms with Gasteiger partial charge < -0.3 is 56.1 Å². The second kappa shape index (κ2) is 38.1. The number of aliphatic hydroxyl groups is 1. The van der Waals surface area contributed by atoms with Gasteiger partial charge in [0.05, 0.1) is 55.2 Å². The molecule has 0 aliphatic carbocycles. The molecule has 1 saturated heterocycles. The standard InChI is InChI=1S/C65H106N8O12/c1-14-16-17-18-19-20-21-22-23-24-28-33-54(75)69-50(39-53(66)74)62(79)68-49-36-34-47(35-37-49)41-85-65(82)72(11)57(43(5)6)63(80)70-56(42(3)4)64(81)71(10)58(44(7)15-2)52(83-12)40-55(76)73-38-29-32-51(73)60(84-13)45(8)61(78)67-46(9)59(77)48-30-26-25-27-31-48/h25-27,30-31,34-37,42-46,50-52,56-60,77H,14-24,28-29,32-33,38-41H2,1-13H3,(H2,66,74)(H,67,78)(H,68,79)(H,69,75)(H,70,80)/t44-,45+,46+,50+,51-,52+,56-,57-,58-,59+,60+/m0/s1. The zero-order valence-electron chi connectivity index (χ0n) is 53.5. The van der Waals surface area contributed by atoms with Crippen molar-refractivity contribution in [2.45, 2.75) is 233 Å². The number of nitrogens with one attached hydrogen (secondary N) is 4. The van der Waals surface area contributed by atoms with Gasteiger partial charge in [0.2, 0.25) is 41.4 Å². The van der Waals surface area contributed by atoms with Crippen LogP contribution in [0.1, 0.15) is 189 Å². The van der Waals surface area contributed by atoms with Crippen LogP contribution >= 0.6 is 0 Å². The van der Waals surface area contributed by atoms with Gasteiger partial charge in [0, 0.05) is 47.0 Å². The maximum Gasteiger partial charge on any atom is 0.410 e. The fourth-order valence-corrected chi connectivity index (χ4v) is 11.5. The number of rotatable bonds is 39. The summed E-state index contributed by atoms with van der Waals surface area (Å²) in [5.41, 5.74) is 7.07. The monoisotopic (exact) mass is 1190 g/mol. The average molecular weight is 1190 g/mol. The van der Waals surface area contributed by atoms with E-state index in [9.17, 15) is 43.5 Å². The molecule has 2 aromatic carbocycles. The lowest BCUT2D eigenvalue weighted by Crippen LogP contribution is -2.60. The van der Waals surface area contributed by atoms with Crippen molar-refractivity contribution in [1.29, 1.82) is 0 Å². The van der Waals surface area contributed by atoms with Crippen LogP contribution in [-0.4, -0.2) is 151 Å². The predicted octanol–water partition coefficient (Wildman–Crippen LogP) is 8.58. The predicted molar refractivity (Wildman–Crippen MR) is 330 cm³/mol. The van der Waals surface area contributed by atoms with Crippen molar-refractivity contribution < 1.29 is 57.7 Å². The second-order valence-electron chi connectivity index (χ2n) is 24.1. The van der Waals surface area contributed by atoms with Gasteiger partial charge in [-0.2, -0.15) is 0 Å². The summed E-state index contributed by atoms with van der Waals surface area (Å²) in [6.07, 6.45) is 11.2. The molecular formula is C65H106N8O12. The fourth-order valence-electron chi connectivity index (χ4n) is 11.5. The molecule has 8 amide bonds. The first-order valence-electron chi connectivity index (χ1n) is 31.2. The molecule has 0 spiro atoms. The maximum absolute atomic E-state index is 14.7. The van der Waals surface area contributed by atoms with E-state index in [2.05, 4.69) is 28.2 Å². The molecule has 85 heavy (non-hydrogen) atoms. The van der Waals surface area contributed by atoms with Crippen LogP contribution in [0.3, 0.4) is 0 Å². The smallest absolute Gasteiger partial charge is 0.410 e. The number of primary amides is 1. The molecule has 0 saturated carbocycles. The van der Waals surface area contributed by atoms with Gasteiger partial charge >= 0.3 is 6.09 Å². The van der Waals surface area contributed by atoms with E-state index in [0.717, 1.165) is 19.3 Å². The number of methoxy groups -OCH3 is 2. The summed E-state index contributed by atoms with van der Waals surface area (Å²) >= 11 is 0. The summed E-state index contributed by atoms with van der Waals surface area (Å²) in [5, 5.41) is 22.2. The Morgan fingerprint density at radius 2 is 1.31 bits per heavy atom. The van der Waals surface area contributed by atoms with Gasteiger partial charge in [0.25, 0.3) is 0 Å². The Bertz CT molecular complexity index is 2380. The van der Waals surface area contributed by atoms with Crippen LogP contribution in [0.15, 0.2) is 54.6 Å². The molecule has 11 atom stereocenters. The molecule has 0 unspecified atom stereocenters. The molecule has 0 radical (unpaired) electrons. The van der Waals surface area contributed by atoms with E-state index in [-0.39, 0.29) is 49.5 Å². The van der Waals surface area contributed by atoms with Gasteiger partial charge in [0.1, 0.15) is 24.7 Å². The number of nitrogens with two attached hydrogens (primary N) is 1. The Morgan fingerprint density at radius 1 is 0.706 bits per heavy atom. The second-order valence-corrected chi connectivity index (χ2v) is 24.1. The van der Waals surface area contributed by atoms with E-state index in [1.165, 1.54) is 71.1 Å². The van der Waals surface area contributed by atoms with Crippen LogP contribution in [0.4, 0.5) is 10.5 Å². The van der Waals surface area contributed by atoms with Crippen molar-refractivity contribution in [3.63, 3.8) is 0 Å². The number of aliphatic hydroxyl groups excluding tert-OH is 1. The maximum atomic E-state index is 14.7. The number of unbranched alkanes of at least 4 members (excludes halogenated alkanes) is 10. The molecule has 0 bridgehead atoms. The third kappa shape index (κ3) is 23.6. The molecule has 1 fully saturated rings. The summed E-state index contributed by atoms with van der Waals surface area (Å²) in [6.45, 7) is 17.2. The van der Waals surface area contributed by atoms with Crippen molar-refractivity contribution in [1.82, 2.24) is 30.7 Å². The highest BCUT2D eigenvalue weighted by Crippen LogP contribution is 2.30. The lowest BCUT2D eigenvalue weighted by molar-refractivity contribution is -0.148. The normalized spacial score (nSPS) is 16.8. The van der Waals surface area contributed by atoms with Gasteiger partial charge in [-0.05, 0) is 67.2 Å². The number of likely N-dealkylation sites (tertiary alicyclic amines) is 1. The van der Waals surface area contributed by atoms with Crippen molar-refractivity contribution >= 4 is 53.1 Å². The Hall–Kier alpha value is -6.12. The molecule has 20 nitrogen and oxygen atoms in total. The van der Waals surface area contributed by atoms with Crippen LogP contribution in [0.25, 0.3) is 0 Å². The zero-order chi connectivity index (χ0) is 63.3. The van der Waals surface area contributed by atoms with Crippen molar-refractivity contribution in [3.8, 4) is 0 Å². The molecule has 478 valence electrons. The van der Waals surface area contributed by atoms with E-state index in [1.807, 2.05) is 45.9 Å². The minimum Gasteiger partial charge on any atom is -0.445 e. The first kappa shape index (κ1) is 73.1. The zero-order valence-corrected chi connectivity index (χ0v) is 53.5. The molecule has 20 heteroatoms. The Kier molecular flexibility index (Phi) is 32.8. The number of ether oxygens (including phenoxy) is 3. The number of likely N-dealkylation sites (N-methyl/N-ethyl adjacent to an activating group) is 2. The highest BCUT2D eigenvalue weighted by Gasteiger charge is 2.44. The van der Waals surface area contributed by atoms with E-state index >= 15 is 0 Å². The van der Waals surface area contributed by atoms with E-state index in [1.54, 1.807) is 80.9 Å². The van der Waals surface area contributed by atoms with Gasteiger partial charge in [-0.15, -0.1) is 0 Å². The first-order valence-corrected chi connectivity index (χ1v) is 31.2. The summed E-state index contributed by atoms with van der Waals surface area (Å²) in [6, 6.07) is 10.7. The van der Waals surface area contributed by atoms with Crippen LogP contribution in [0.5, 0.6) is 0 Å². The van der Waals surface area contributed by atoms with Crippen molar-refractivity contribution in [2.24, 2.45) is 29.4 Å². The number of carbonyl (C=O) groups excluding carboxylic acids is 8. The Balaban J connectivity index is 1.62. The molecule has 7 N–H and O–H groups in total. The van der Waals surface area contributed by atoms with Crippen molar-refractivity contribution in [3.05, 3.63) is 65.7 Å². The minimum atomic E-state index is -1.16. The third-order valence-corrected chi connectivity index (χ3v) is 16.7.